The lowest BCUT2D eigenvalue weighted by Gasteiger charge is -2.08. The average molecular weight is 496 g/mol. The number of hydrogen-bond donors (Lipinski definition) is 1. The van der Waals surface area contributed by atoms with E-state index in [4.69, 9.17) is 0 Å². The highest BCUT2D eigenvalue weighted by molar-refractivity contribution is 7.92. The van der Waals surface area contributed by atoms with Crippen LogP contribution in [0.25, 0.3) is 10.2 Å². The Balaban J connectivity index is 1.62. The molecule has 0 radical (unpaired) electrons. The van der Waals surface area contributed by atoms with Crippen molar-refractivity contribution >= 4 is 43.2 Å². The molecule has 0 saturated heterocycles. The number of carbonyl (C=O) groups is 1. The van der Waals surface area contributed by atoms with Crippen molar-refractivity contribution in [2.75, 3.05) is 4.72 Å². The maximum Gasteiger partial charge on any atom is 0.279 e. The number of anilines is 1. The number of rotatable bonds is 6. The third kappa shape index (κ3) is 4.85. The minimum absolute atomic E-state index is 0.0638. The van der Waals surface area contributed by atoms with Crippen LogP contribution in [0.4, 0.5) is 10.1 Å². The van der Waals surface area contributed by atoms with Gasteiger partial charge in [-0.05, 0) is 85.6 Å². The molecule has 1 heterocycles. The summed E-state index contributed by atoms with van der Waals surface area (Å²) in [5, 5.41) is 0. The first-order valence-corrected chi connectivity index (χ1v) is 12.7. The number of aromatic nitrogens is 1. The van der Waals surface area contributed by atoms with Crippen LogP contribution in [-0.4, -0.2) is 18.9 Å². The molecule has 0 aliphatic heterocycles. The van der Waals surface area contributed by atoms with Crippen molar-refractivity contribution in [2.24, 2.45) is 4.99 Å². The van der Waals surface area contributed by atoms with Crippen LogP contribution >= 0.6 is 11.3 Å². The van der Waals surface area contributed by atoms with Gasteiger partial charge in [0.2, 0.25) is 0 Å². The maximum absolute atomic E-state index is 13.1. The van der Waals surface area contributed by atoms with E-state index < -0.39 is 21.7 Å². The Morgan fingerprint density at radius 3 is 2.38 bits per heavy atom. The number of thiazole rings is 1. The lowest BCUT2D eigenvalue weighted by atomic mass is 10.1. The number of benzene rings is 3. The number of carbonyl (C=O) groups excluding carboxylic acids is 1. The summed E-state index contributed by atoms with van der Waals surface area (Å²) < 4.78 is 43.4. The van der Waals surface area contributed by atoms with Crippen molar-refractivity contribution < 1.29 is 17.6 Å². The number of hydrogen-bond acceptors (Lipinski definition) is 4. The van der Waals surface area contributed by atoms with E-state index in [1.807, 2.05) is 18.4 Å². The van der Waals surface area contributed by atoms with Crippen LogP contribution in [0.5, 0.6) is 0 Å². The van der Waals surface area contributed by atoms with Gasteiger partial charge in [-0.15, -0.1) is 6.58 Å². The van der Waals surface area contributed by atoms with Gasteiger partial charge in [-0.3, -0.25) is 9.52 Å². The Hall–Kier alpha value is -3.56. The summed E-state index contributed by atoms with van der Waals surface area (Å²) in [6.07, 6.45) is 1.76. The fraction of sp³-hybridized carbons (Fsp3) is 0.120. The van der Waals surface area contributed by atoms with Crippen molar-refractivity contribution in [1.29, 1.82) is 0 Å². The smallest absolute Gasteiger partial charge is 0.279 e. The van der Waals surface area contributed by atoms with E-state index in [9.17, 15) is 17.6 Å². The third-order valence-corrected chi connectivity index (χ3v) is 7.75. The number of aryl methyl sites for hydroxylation is 2. The minimum atomic E-state index is -3.88. The van der Waals surface area contributed by atoms with Gasteiger partial charge >= 0.3 is 0 Å². The first-order chi connectivity index (χ1) is 16.2. The van der Waals surface area contributed by atoms with Crippen molar-refractivity contribution in [2.45, 2.75) is 25.3 Å². The van der Waals surface area contributed by atoms with Crippen LogP contribution in [0, 0.1) is 19.7 Å². The molecular weight excluding hydrogens is 473 g/mol. The Labute approximate surface area is 200 Å². The fourth-order valence-electron chi connectivity index (χ4n) is 3.37. The van der Waals surface area contributed by atoms with Gasteiger partial charge < -0.3 is 4.57 Å². The Morgan fingerprint density at radius 2 is 1.74 bits per heavy atom. The van der Waals surface area contributed by atoms with Gasteiger partial charge in [-0.1, -0.05) is 17.4 Å². The zero-order chi connectivity index (χ0) is 24.5. The van der Waals surface area contributed by atoms with Gasteiger partial charge in [0.1, 0.15) is 5.82 Å². The molecule has 6 nitrogen and oxygen atoms in total. The highest BCUT2D eigenvalue weighted by atomic mass is 32.2. The van der Waals surface area contributed by atoms with Crippen LogP contribution in [0.1, 0.15) is 21.5 Å². The summed E-state index contributed by atoms with van der Waals surface area (Å²) in [5.41, 5.74) is 3.90. The molecule has 1 amide bonds. The number of sulfonamides is 1. The van der Waals surface area contributed by atoms with Crippen molar-refractivity contribution in [1.82, 2.24) is 4.57 Å². The van der Waals surface area contributed by atoms with E-state index >= 15 is 0 Å². The number of halogens is 1. The quantitative estimate of drug-likeness (QED) is 0.374. The average Bonchev–Trinajstić information content (AvgIpc) is 3.10. The predicted octanol–water partition coefficient (Wildman–Crippen LogP) is 5.19. The number of fused-ring (bicyclic) bond motifs is 1. The van der Waals surface area contributed by atoms with E-state index in [0.29, 0.717) is 16.9 Å². The van der Waals surface area contributed by atoms with Crippen LogP contribution in [0.3, 0.4) is 0 Å². The zero-order valence-corrected chi connectivity index (χ0v) is 20.2. The van der Waals surface area contributed by atoms with Crippen LogP contribution in [0.15, 0.2) is 83.2 Å². The number of nitrogens with one attached hydrogen (secondary N) is 1. The van der Waals surface area contributed by atoms with Crippen molar-refractivity contribution in [3.63, 3.8) is 0 Å². The molecule has 34 heavy (non-hydrogen) atoms. The van der Waals surface area contributed by atoms with E-state index in [2.05, 4.69) is 28.4 Å². The van der Waals surface area contributed by atoms with Gasteiger partial charge in [0, 0.05) is 17.8 Å². The predicted molar refractivity (Wildman–Crippen MR) is 133 cm³/mol. The monoisotopic (exact) mass is 495 g/mol. The van der Waals surface area contributed by atoms with Gasteiger partial charge in [-0.25, -0.2) is 12.8 Å². The van der Waals surface area contributed by atoms with E-state index in [1.165, 1.54) is 47.7 Å². The molecule has 1 aromatic heterocycles. The standard InChI is InChI=1S/C25H22FN3O3S2/c1-4-13-29-22-14-16(2)17(3)15-23(22)33-25(29)27-24(30)18-5-9-20(10-6-18)28-34(31,32)21-11-7-19(26)8-12-21/h4-12,14-15,28H,1,13H2,2-3H3. The molecule has 0 bridgehead atoms. The van der Waals surface area contributed by atoms with Gasteiger partial charge in [0.05, 0.1) is 15.1 Å². The summed E-state index contributed by atoms with van der Waals surface area (Å²) in [6.45, 7) is 8.40. The summed E-state index contributed by atoms with van der Waals surface area (Å²) in [5.74, 6) is -0.963. The molecule has 9 heteroatoms. The molecule has 1 N–H and O–H groups in total. The van der Waals surface area contributed by atoms with E-state index in [1.54, 1.807) is 6.08 Å². The molecule has 0 atom stereocenters. The second-order valence-corrected chi connectivity index (χ2v) is 10.4. The summed E-state index contributed by atoms with van der Waals surface area (Å²) in [6, 6.07) is 14.7. The molecule has 0 saturated carbocycles. The largest absolute Gasteiger partial charge is 0.312 e. The normalized spacial score (nSPS) is 12.1. The lowest BCUT2D eigenvalue weighted by molar-refractivity contribution is 0.0998. The minimum Gasteiger partial charge on any atom is -0.312 e. The highest BCUT2D eigenvalue weighted by Gasteiger charge is 2.15. The number of nitrogens with zero attached hydrogens (tertiary/aromatic N) is 2. The van der Waals surface area contributed by atoms with Crippen LogP contribution in [-0.2, 0) is 16.6 Å². The fourth-order valence-corrected chi connectivity index (χ4v) is 5.55. The first kappa shape index (κ1) is 23.6. The number of allylic oxidation sites excluding steroid dienone is 1. The molecular formula is C25H22FN3O3S2. The zero-order valence-electron chi connectivity index (χ0n) is 18.6. The summed E-state index contributed by atoms with van der Waals surface area (Å²) in [7, 11) is -3.88. The third-order valence-electron chi connectivity index (χ3n) is 5.32. The van der Waals surface area contributed by atoms with Gasteiger partial charge in [0.25, 0.3) is 15.9 Å². The van der Waals surface area contributed by atoms with Crippen molar-refractivity contribution in [3.8, 4) is 0 Å². The Kier molecular flexibility index (Phi) is 6.49. The molecule has 4 rings (SSSR count). The van der Waals surface area contributed by atoms with E-state index in [-0.39, 0.29) is 10.6 Å². The molecule has 0 unspecified atom stereocenters. The second kappa shape index (κ2) is 9.36. The molecule has 4 aromatic rings. The Bertz CT molecular complexity index is 1570. The SMILES string of the molecule is C=CCn1c(=NC(=O)c2ccc(NS(=O)(=O)c3ccc(F)cc3)cc2)sc2cc(C)c(C)cc21. The molecule has 174 valence electrons. The Morgan fingerprint density at radius 1 is 1.09 bits per heavy atom. The summed E-state index contributed by atoms with van der Waals surface area (Å²) >= 11 is 1.43. The molecule has 0 aliphatic carbocycles. The molecule has 0 fully saturated rings. The van der Waals surface area contributed by atoms with Gasteiger partial charge in [-0.2, -0.15) is 4.99 Å². The topological polar surface area (TPSA) is 80.5 Å². The highest BCUT2D eigenvalue weighted by Crippen LogP contribution is 2.22. The molecule has 0 spiro atoms. The summed E-state index contributed by atoms with van der Waals surface area (Å²) in [4.78, 5) is 17.7. The lowest BCUT2D eigenvalue weighted by Crippen LogP contribution is -2.16. The van der Waals surface area contributed by atoms with Gasteiger partial charge in [0.15, 0.2) is 4.80 Å². The van der Waals surface area contributed by atoms with Crippen LogP contribution in [0.2, 0.25) is 0 Å². The van der Waals surface area contributed by atoms with Crippen LogP contribution < -0.4 is 9.52 Å². The first-order valence-electron chi connectivity index (χ1n) is 10.4. The van der Waals surface area contributed by atoms with Crippen molar-refractivity contribution in [3.05, 3.63) is 101 Å². The maximum atomic E-state index is 13.1. The molecule has 0 aliphatic rings. The van der Waals surface area contributed by atoms with E-state index in [0.717, 1.165) is 33.5 Å². The number of amides is 1. The molecule has 3 aromatic carbocycles. The second-order valence-electron chi connectivity index (χ2n) is 7.74.